The zero-order valence-corrected chi connectivity index (χ0v) is 25.0. The van der Waals surface area contributed by atoms with Crippen molar-refractivity contribution in [2.24, 2.45) is 5.92 Å². The van der Waals surface area contributed by atoms with E-state index in [2.05, 4.69) is 26.0 Å². The van der Waals surface area contributed by atoms with Crippen LogP contribution in [0.1, 0.15) is 63.0 Å². The number of likely N-dealkylation sites (tertiary alicyclic amines) is 1. The number of hydrogen-bond acceptors (Lipinski definition) is 7. The van der Waals surface area contributed by atoms with Gasteiger partial charge in [-0.1, -0.05) is 61.6 Å². The molecule has 1 amide bonds. The van der Waals surface area contributed by atoms with E-state index in [0.717, 1.165) is 41.5 Å². The molecule has 5 rings (SSSR count). The minimum atomic E-state index is -3.17. The number of piperidine rings is 2. The van der Waals surface area contributed by atoms with Crippen molar-refractivity contribution in [3.05, 3.63) is 59.7 Å². The summed E-state index contributed by atoms with van der Waals surface area (Å²) in [5, 5.41) is 0.656. The summed E-state index contributed by atoms with van der Waals surface area (Å²) in [5.41, 5.74) is 3.13. The van der Waals surface area contributed by atoms with Gasteiger partial charge in [0.05, 0.1) is 16.0 Å². The largest absolute Gasteiger partial charge is 0.467 e. The summed E-state index contributed by atoms with van der Waals surface area (Å²) in [5.74, 6) is 0.968. The van der Waals surface area contributed by atoms with Gasteiger partial charge >= 0.3 is 6.09 Å². The van der Waals surface area contributed by atoms with Gasteiger partial charge < -0.3 is 14.4 Å². The lowest BCUT2D eigenvalue weighted by Gasteiger charge is -2.31. The standard InChI is InChI=1S/C30H39N3O5S2/c1-22(2)14-19-40(35,36)33-17-10-24(11-18-33)25-8-9-27-28(20-25)39-29(31-27)38-26-12-15-32(16-13-26)30(34)37-21-23-6-4-3-5-7-23/h3-9,20,22,24,26H,10-19,21H2,1-2H3. The van der Waals surface area contributed by atoms with Crippen molar-refractivity contribution in [1.29, 1.82) is 0 Å². The predicted molar refractivity (Wildman–Crippen MR) is 158 cm³/mol. The molecule has 3 heterocycles. The van der Waals surface area contributed by atoms with Crippen LogP contribution in [0.25, 0.3) is 10.2 Å². The Hall–Kier alpha value is -2.69. The Morgan fingerprint density at radius 2 is 1.75 bits per heavy atom. The predicted octanol–water partition coefficient (Wildman–Crippen LogP) is 6.03. The van der Waals surface area contributed by atoms with Crippen LogP contribution in [0, 0.1) is 5.92 Å². The van der Waals surface area contributed by atoms with Crippen LogP contribution >= 0.6 is 11.3 Å². The minimum absolute atomic E-state index is 0.0141. The van der Waals surface area contributed by atoms with Gasteiger partial charge in [-0.05, 0) is 54.4 Å². The Balaban J connectivity index is 1.10. The van der Waals surface area contributed by atoms with E-state index >= 15 is 0 Å². The van der Waals surface area contributed by atoms with Crippen molar-refractivity contribution in [3.63, 3.8) is 0 Å². The molecule has 2 fully saturated rings. The smallest absolute Gasteiger partial charge is 0.410 e. The summed E-state index contributed by atoms with van der Waals surface area (Å²) in [6.45, 7) is 6.75. The molecule has 216 valence electrons. The molecule has 2 aromatic carbocycles. The molecule has 0 unspecified atom stereocenters. The Labute approximate surface area is 241 Å². The number of rotatable bonds is 9. The van der Waals surface area contributed by atoms with Crippen LogP contribution in [-0.4, -0.2) is 66.7 Å². The third kappa shape index (κ3) is 7.33. The lowest BCUT2D eigenvalue weighted by atomic mass is 9.90. The highest BCUT2D eigenvalue weighted by Crippen LogP contribution is 2.35. The van der Waals surface area contributed by atoms with E-state index in [1.165, 1.54) is 5.56 Å². The topological polar surface area (TPSA) is 89.0 Å². The first-order valence-electron chi connectivity index (χ1n) is 14.3. The van der Waals surface area contributed by atoms with Crippen LogP contribution in [0.5, 0.6) is 5.19 Å². The van der Waals surface area contributed by atoms with Crippen molar-refractivity contribution >= 4 is 37.7 Å². The van der Waals surface area contributed by atoms with Crippen LogP contribution < -0.4 is 4.74 Å². The van der Waals surface area contributed by atoms with Gasteiger partial charge in [0.15, 0.2) is 0 Å². The number of aromatic nitrogens is 1. The molecule has 0 radical (unpaired) electrons. The van der Waals surface area contributed by atoms with E-state index in [9.17, 15) is 13.2 Å². The maximum Gasteiger partial charge on any atom is 0.410 e. The average molecular weight is 586 g/mol. The van der Waals surface area contributed by atoms with Gasteiger partial charge in [0.1, 0.15) is 12.7 Å². The number of fused-ring (bicyclic) bond motifs is 1. The number of benzene rings is 2. The van der Waals surface area contributed by atoms with E-state index in [4.69, 9.17) is 14.5 Å². The summed E-state index contributed by atoms with van der Waals surface area (Å²) in [6.07, 6.45) is 3.58. The summed E-state index contributed by atoms with van der Waals surface area (Å²) < 4.78 is 39.8. The van der Waals surface area contributed by atoms with Crippen molar-refractivity contribution in [2.75, 3.05) is 31.9 Å². The van der Waals surface area contributed by atoms with Gasteiger partial charge in [0.2, 0.25) is 10.0 Å². The molecular formula is C30H39N3O5S2. The normalized spacial score (nSPS) is 17.9. The molecule has 0 saturated carbocycles. The second-order valence-electron chi connectivity index (χ2n) is 11.2. The van der Waals surface area contributed by atoms with Crippen LogP contribution in [0.2, 0.25) is 0 Å². The summed E-state index contributed by atoms with van der Waals surface area (Å²) in [6, 6.07) is 16.1. The molecule has 0 aliphatic carbocycles. The van der Waals surface area contributed by atoms with Crippen molar-refractivity contribution in [1.82, 2.24) is 14.2 Å². The first kappa shape index (κ1) is 28.8. The number of thiazole rings is 1. The molecule has 8 nitrogen and oxygen atoms in total. The van der Waals surface area contributed by atoms with E-state index in [1.54, 1.807) is 20.5 Å². The van der Waals surface area contributed by atoms with E-state index in [1.807, 2.05) is 36.4 Å². The van der Waals surface area contributed by atoms with Gasteiger partial charge in [-0.25, -0.2) is 22.5 Å². The maximum absolute atomic E-state index is 12.7. The van der Waals surface area contributed by atoms with Gasteiger partial charge in [0, 0.05) is 39.0 Å². The molecule has 3 aromatic rings. The van der Waals surface area contributed by atoms with Gasteiger partial charge in [-0.3, -0.25) is 0 Å². The first-order chi connectivity index (χ1) is 19.3. The Kier molecular flexibility index (Phi) is 9.27. The van der Waals surface area contributed by atoms with Crippen LogP contribution in [0.4, 0.5) is 4.79 Å². The Morgan fingerprint density at radius 1 is 1.02 bits per heavy atom. The summed E-state index contributed by atoms with van der Waals surface area (Å²) >= 11 is 1.55. The molecule has 2 aliphatic heterocycles. The molecule has 40 heavy (non-hydrogen) atoms. The van der Waals surface area contributed by atoms with Gasteiger partial charge in [-0.2, -0.15) is 0 Å². The van der Waals surface area contributed by atoms with Crippen molar-refractivity contribution < 1.29 is 22.7 Å². The lowest BCUT2D eigenvalue weighted by molar-refractivity contribution is 0.0638. The monoisotopic (exact) mass is 585 g/mol. The molecule has 0 bridgehead atoms. The summed E-state index contributed by atoms with van der Waals surface area (Å²) in [4.78, 5) is 18.9. The quantitative estimate of drug-likeness (QED) is 0.305. The fraction of sp³-hybridized carbons (Fsp3) is 0.533. The number of nitrogens with zero attached hydrogens (tertiary/aromatic N) is 3. The molecule has 2 aliphatic rings. The van der Waals surface area contributed by atoms with E-state index < -0.39 is 10.0 Å². The number of carbonyl (C=O) groups is 1. The van der Waals surface area contributed by atoms with Crippen LogP contribution in [0.3, 0.4) is 0 Å². The Bertz CT molecular complexity index is 1380. The van der Waals surface area contributed by atoms with Gasteiger partial charge in [0.25, 0.3) is 5.19 Å². The number of ether oxygens (including phenoxy) is 2. The zero-order chi connectivity index (χ0) is 28.1. The maximum atomic E-state index is 12.7. The molecule has 0 N–H and O–H groups in total. The highest BCUT2D eigenvalue weighted by Gasteiger charge is 2.29. The third-order valence-corrected chi connectivity index (χ3v) is 10.7. The zero-order valence-electron chi connectivity index (χ0n) is 23.3. The van der Waals surface area contributed by atoms with Crippen LogP contribution in [0.15, 0.2) is 48.5 Å². The number of hydrogen-bond donors (Lipinski definition) is 0. The third-order valence-electron chi connectivity index (χ3n) is 7.84. The average Bonchev–Trinajstić information content (AvgIpc) is 3.37. The number of sulfonamides is 1. The highest BCUT2D eigenvalue weighted by molar-refractivity contribution is 7.89. The molecule has 2 saturated heterocycles. The fourth-order valence-corrected chi connectivity index (χ4v) is 8.04. The molecule has 0 atom stereocenters. The minimum Gasteiger partial charge on any atom is -0.467 e. The van der Waals surface area contributed by atoms with Gasteiger partial charge in [-0.15, -0.1) is 0 Å². The second kappa shape index (κ2) is 12.9. The molecular weight excluding hydrogens is 546 g/mol. The molecule has 10 heteroatoms. The summed E-state index contributed by atoms with van der Waals surface area (Å²) in [7, 11) is -3.17. The van der Waals surface area contributed by atoms with E-state index in [0.29, 0.717) is 49.6 Å². The Morgan fingerprint density at radius 3 is 2.45 bits per heavy atom. The molecule has 0 spiro atoms. The van der Waals surface area contributed by atoms with Crippen LogP contribution in [-0.2, 0) is 21.4 Å². The van der Waals surface area contributed by atoms with Crippen molar-refractivity contribution in [3.8, 4) is 5.19 Å². The molecule has 1 aromatic heterocycles. The lowest BCUT2D eigenvalue weighted by Crippen LogP contribution is -2.42. The SMILES string of the molecule is CC(C)CCS(=O)(=O)N1CCC(c2ccc3nc(OC4CCN(C(=O)OCc5ccccc5)CC4)sc3c2)CC1. The number of carbonyl (C=O) groups excluding carboxylic acids is 1. The highest BCUT2D eigenvalue weighted by atomic mass is 32.2. The number of amides is 1. The van der Waals surface area contributed by atoms with Crippen molar-refractivity contribution in [2.45, 2.75) is 64.6 Å². The first-order valence-corrected chi connectivity index (χ1v) is 16.7. The second-order valence-corrected chi connectivity index (χ2v) is 14.3. The van der Waals surface area contributed by atoms with E-state index in [-0.39, 0.29) is 24.6 Å². The fourth-order valence-electron chi connectivity index (χ4n) is 5.31.